The monoisotopic (exact) mass is 326 g/mol. The Labute approximate surface area is 141 Å². The Morgan fingerprint density at radius 3 is 2.88 bits per heavy atom. The van der Waals surface area contributed by atoms with Crippen molar-refractivity contribution in [2.24, 2.45) is 0 Å². The zero-order valence-electron chi connectivity index (χ0n) is 14.0. The van der Waals surface area contributed by atoms with Gasteiger partial charge in [0.1, 0.15) is 17.7 Å². The molecular formula is C18H22N4O2. The van der Waals surface area contributed by atoms with E-state index >= 15 is 0 Å². The Kier molecular flexibility index (Phi) is 5.05. The third kappa shape index (κ3) is 4.08. The molecule has 0 spiro atoms. The Balaban J connectivity index is 1.72. The molecule has 1 atom stereocenters. The first-order valence-corrected chi connectivity index (χ1v) is 8.12. The van der Waals surface area contributed by atoms with E-state index in [9.17, 15) is 4.79 Å². The van der Waals surface area contributed by atoms with Gasteiger partial charge in [0.05, 0.1) is 18.8 Å². The minimum atomic E-state index is -0.207. The van der Waals surface area contributed by atoms with Gasteiger partial charge in [-0.05, 0) is 12.5 Å². The van der Waals surface area contributed by atoms with Crippen LogP contribution in [0.25, 0.3) is 0 Å². The molecule has 2 heterocycles. The minimum absolute atomic E-state index is 0.0662. The van der Waals surface area contributed by atoms with E-state index in [1.807, 2.05) is 31.2 Å². The van der Waals surface area contributed by atoms with Gasteiger partial charge in [0.15, 0.2) is 0 Å². The van der Waals surface area contributed by atoms with E-state index < -0.39 is 0 Å². The average Bonchev–Trinajstić information content (AvgIpc) is 2.60. The summed E-state index contributed by atoms with van der Waals surface area (Å²) in [6, 6.07) is 12.1. The molecule has 1 aromatic heterocycles. The van der Waals surface area contributed by atoms with Crippen LogP contribution in [0, 0.1) is 6.92 Å². The van der Waals surface area contributed by atoms with Crippen molar-refractivity contribution < 1.29 is 9.53 Å². The lowest BCUT2D eigenvalue weighted by Crippen LogP contribution is -2.41. The molecule has 126 valence electrons. The topological polar surface area (TPSA) is 67.3 Å². The number of nitrogens with zero attached hydrogens (tertiary/aromatic N) is 3. The van der Waals surface area contributed by atoms with Crippen LogP contribution in [0.4, 0.5) is 5.82 Å². The second kappa shape index (κ2) is 7.40. The number of amides is 1. The fourth-order valence-corrected chi connectivity index (χ4v) is 2.75. The molecular weight excluding hydrogens is 304 g/mol. The van der Waals surface area contributed by atoms with Crippen LogP contribution in [0.1, 0.15) is 30.1 Å². The van der Waals surface area contributed by atoms with E-state index in [0.717, 1.165) is 11.5 Å². The largest absolute Gasteiger partial charge is 0.368 e. The molecule has 24 heavy (non-hydrogen) atoms. The predicted molar refractivity (Wildman–Crippen MR) is 91.5 cm³/mol. The summed E-state index contributed by atoms with van der Waals surface area (Å²) in [5, 5.41) is 3.33. The molecule has 6 nitrogen and oxygen atoms in total. The number of carbonyl (C=O) groups excluding carboxylic acids is 1. The molecule has 1 fully saturated rings. The summed E-state index contributed by atoms with van der Waals surface area (Å²) in [6.45, 7) is 5.84. The SMILES string of the molecule is CC(=O)N1CCOC(c2cc(NCc3ccccc3)nc(C)n2)C1. The van der Waals surface area contributed by atoms with Crippen molar-refractivity contribution in [3.05, 3.63) is 53.5 Å². The number of carbonyl (C=O) groups is 1. The van der Waals surface area contributed by atoms with Gasteiger partial charge in [0.25, 0.3) is 0 Å². The highest BCUT2D eigenvalue weighted by Crippen LogP contribution is 2.23. The van der Waals surface area contributed by atoms with Crippen LogP contribution in [-0.2, 0) is 16.1 Å². The lowest BCUT2D eigenvalue weighted by atomic mass is 10.2. The minimum Gasteiger partial charge on any atom is -0.368 e. The number of morpholine rings is 1. The quantitative estimate of drug-likeness (QED) is 0.934. The second-order valence-corrected chi connectivity index (χ2v) is 5.89. The maximum absolute atomic E-state index is 11.6. The number of hydrogen-bond acceptors (Lipinski definition) is 5. The zero-order valence-corrected chi connectivity index (χ0v) is 14.0. The first-order valence-electron chi connectivity index (χ1n) is 8.12. The van der Waals surface area contributed by atoms with Crippen LogP contribution in [0.15, 0.2) is 36.4 Å². The van der Waals surface area contributed by atoms with Crippen molar-refractivity contribution in [2.45, 2.75) is 26.5 Å². The number of nitrogens with one attached hydrogen (secondary N) is 1. The summed E-state index contributed by atoms with van der Waals surface area (Å²) in [4.78, 5) is 22.3. The first-order chi connectivity index (χ1) is 11.6. The van der Waals surface area contributed by atoms with Crippen molar-refractivity contribution in [1.82, 2.24) is 14.9 Å². The van der Waals surface area contributed by atoms with Gasteiger partial charge in [-0.1, -0.05) is 30.3 Å². The number of rotatable bonds is 4. The molecule has 1 saturated heterocycles. The molecule has 1 amide bonds. The average molecular weight is 326 g/mol. The molecule has 0 radical (unpaired) electrons. The lowest BCUT2D eigenvalue weighted by molar-refractivity contribution is -0.136. The summed E-state index contributed by atoms with van der Waals surface area (Å²) in [5.74, 6) is 1.52. The van der Waals surface area contributed by atoms with Gasteiger partial charge < -0.3 is 15.0 Å². The van der Waals surface area contributed by atoms with Crippen molar-refractivity contribution in [3.63, 3.8) is 0 Å². The standard InChI is InChI=1S/C18H22N4O2/c1-13-20-16(17-12-22(14(2)23)8-9-24-17)10-18(21-13)19-11-15-6-4-3-5-7-15/h3-7,10,17H,8-9,11-12H2,1-2H3,(H,19,20,21). The molecule has 0 bridgehead atoms. The molecule has 0 aliphatic carbocycles. The van der Waals surface area contributed by atoms with Crippen molar-refractivity contribution >= 4 is 11.7 Å². The molecule has 1 aliphatic rings. The van der Waals surface area contributed by atoms with Gasteiger partial charge in [-0.25, -0.2) is 9.97 Å². The van der Waals surface area contributed by atoms with Gasteiger partial charge in [-0.3, -0.25) is 4.79 Å². The zero-order chi connectivity index (χ0) is 16.9. The van der Waals surface area contributed by atoms with E-state index in [4.69, 9.17) is 4.74 Å². The highest BCUT2D eigenvalue weighted by atomic mass is 16.5. The third-order valence-electron chi connectivity index (χ3n) is 4.02. The number of aryl methyl sites for hydroxylation is 1. The summed E-state index contributed by atoms with van der Waals surface area (Å²) < 4.78 is 5.81. The summed E-state index contributed by atoms with van der Waals surface area (Å²) >= 11 is 0. The van der Waals surface area contributed by atoms with E-state index in [1.165, 1.54) is 5.56 Å². The predicted octanol–water partition coefficient (Wildman–Crippen LogP) is 2.32. The molecule has 1 unspecified atom stereocenters. The molecule has 3 rings (SSSR count). The van der Waals surface area contributed by atoms with Crippen LogP contribution in [0.5, 0.6) is 0 Å². The van der Waals surface area contributed by atoms with Crippen LogP contribution in [-0.4, -0.2) is 40.5 Å². The Morgan fingerprint density at radius 2 is 2.12 bits per heavy atom. The Hall–Kier alpha value is -2.47. The normalized spacial score (nSPS) is 17.6. The number of hydrogen-bond donors (Lipinski definition) is 1. The van der Waals surface area contributed by atoms with Gasteiger partial charge in [-0.2, -0.15) is 0 Å². The molecule has 2 aromatic rings. The summed E-state index contributed by atoms with van der Waals surface area (Å²) in [5.41, 5.74) is 2.00. The number of anilines is 1. The van der Waals surface area contributed by atoms with Crippen LogP contribution >= 0.6 is 0 Å². The van der Waals surface area contributed by atoms with Crippen LogP contribution < -0.4 is 5.32 Å². The van der Waals surface area contributed by atoms with Crippen molar-refractivity contribution in [1.29, 1.82) is 0 Å². The lowest BCUT2D eigenvalue weighted by Gasteiger charge is -2.32. The van der Waals surface area contributed by atoms with E-state index in [1.54, 1.807) is 11.8 Å². The molecule has 6 heteroatoms. The molecule has 1 N–H and O–H groups in total. The number of aromatic nitrogens is 2. The number of ether oxygens (including phenoxy) is 1. The maximum Gasteiger partial charge on any atom is 0.219 e. The van der Waals surface area contributed by atoms with E-state index in [2.05, 4.69) is 27.4 Å². The van der Waals surface area contributed by atoms with Gasteiger partial charge in [-0.15, -0.1) is 0 Å². The molecule has 0 saturated carbocycles. The highest BCUT2D eigenvalue weighted by Gasteiger charge is 2.25. The van der Waals surface area contributed by atoms with Gasteiger partial charge in [0.2, 0.25) is 5.91 Å². The highest BCUT2D eigenvalue weighted by molar-refractivity contribution is 5.73. The van der Waals surface area contributed by atoms with Gasteiger partial charge in [0, 0.05) is 26.1 Å². The fraction of sp³-hybridized carbons (Fsp3) is 0.389. The van der Waals surface area contributed by atoms with Crippen LogP contribution in [0.2, 0.25) is 0 Å². The third-order valence-corrected chi connectivity index (χ3v) is 4.02. The smallest absolute Gasteiger partial charge is 0.219 e. The Bertz CT molecular complexity index is 705. The molecule has 1 aliphatic heterocycles. The van der Waals surface area contributed by atoms with Gasteiger partial charge >= 0.3 is 0 Å². The van der Waals surface area contributed by atoms with E-state index in [-0.39, 0.29) is 12.0 Å². The first kappa shape index (κ1) is 16.4. The molecule has 1 aromatic carbocycles. The second-order valence-electron chi connectivity index (χ2n) is 5.89. The van der Waals surface area contributed by atoms with Crippen molar-refractivity contribution in [2.75, 3.05) is 25.0 Å². The summed E-state index contributed by atoms with van der Waals surface area (Å²) in [6.07, 6.45) is -0.207. The van der Waals surface area contributed by atoms with Crippen molar-refractivity contribution in [3.8, 4) is 0 Å². The summed E-state index contributed by atoms with van der Waals surface area (Å²) in [7, 11) is 0. The Morgan fingerprint density at radius 1 is 1.33 bits per heavy atom. The van der Waals surface area contributed by atoms with E-state index in [0.29, 0.717) is 32.1 Å². The number of benzene rings is 1. The fourth-order valence-electron chi connectivity index (χ4n) is 2.75. The van der Waals surface area contributed by atoms with Crippen LogP contribution in [0.3, 0.4) is 0 Å². The maximum atomic E-state index is 11.6.